The van der Waals surface area contributed by atoms with Crippen molar-refractivity contribution in [1.82, 2.24) is 14.2 Å². The highest BCUT2D eigenvalue weighted by atomic mass is 35.5. The Labute approximate surface area is 188 Å². The van der Waals surface area contributed by atoms with Gasteiger partial charge in [-0.05, 0) is 12.1 Å². The predicted molar refractivity (Wildman–Crippen MR) is 124 cm³/mol. The van der Waals surface area contributed by atoms with Crippen molar-refractivity contribution in [3.05, 3.63) is 45.4 Å². The molecule has 2 aromatic rings. The van der Waals surface area contributed by atoms with Crippen LogP contribution in [0.5, 0.6) is 0 Å². The molecule has 0 radical (unpaired) electrons. The van der Waals surface area contributed by atoms with E-state index in [4.69, 9.17) is 17.0 Å². The fraction of sp³-hybridized carbons (Fsp3) is 0.368. The van der Waals surface area contributed by atoms with Gasteiger partial charge in [0.2, 0.25) is 10.0 Å². The van der Waals surface area contributed by atoms with Crippen LogP contribution in [0.4, 0.5) is 0 Å². The molecule has 11 heteroatoms. The van der Waals surface area contributed by atoms with E-state index in [0.717, 1.165) is 22.8 Å². The first-order valence-corrected chi connectivity index (χ1v) is 13.4. The molecule has 160 valence electrons. The monoisotopic (exact) mass is 484 g/mol. The molecule has 0 spiro atoms. The number of sulfonamides is 1. The highest BCUT2D eigenvalue weighted by Gasteiger charge is 2.32. The lowest BCUT2D eigenvalue weighted by atomic mass is 10.2. The lowest BCUT2D eigenvalue weighted by Gasteiger charge is -2.27. The molecule has 3 heterocycles. The zero-order chi connectivity index (χ0) is 21.3. The highest BCUT2D eigenvalue weighted by molar-refractivity contribution is 7.99. The van der Waals surface area contributed by atoms with Gasteiger partial charge in [0.1, 0.15) is 16.6 Å². The number of thiazole rings is 1. The molecule has 2 N–H and O–H groups in total. The summed E-state index contributed by atoms with van der Waals surface area (Å²) < 4.78 is 26.7. The average Bonchev–Trinajstić information content (AvgIpc) is 3.32. The molecule has 2 aliphatic rings. The average molecular weight is 485 g/mol. The second-order valence-electron chi connectivity index (χ2n) is 6.96. The minimum Gasteiger partial charge on any atom is -0.510 e. The molecule has 1 aromatic carbocycles. The van der Waals surface area contributed by atoms with Crippen molar-refractivity contribution in [3.8, 4) is 11.3 Å². The number of rotatable bonds is 6. The van der Waals surface area contributed by atoms with Crippen LogP contribution in [0.1, 0.15) is 5.01 Å². The van der Waals surface area contributed by atoms with Crippen LogP contribution in [-0.2, 0) is 10.0 Å². The third-order valence-corrected chi connectivity index (χ3v) is 8.93. The summed E-state index contributed by atoms with van der Waals surface area (Å²) in [7, 11) is -3.37. The normalized spacial score (nSPS) is 18.4. The fourth-order valence-corrected chi connectivity index (χ4v) is 6.97. The molecule has 1 aromatic heterocycles. The molecule has 2 aliphatic heterocycles. The van der Waals surface area contributed by atoms with E-state index in [2.05, 4.69) is 4.98 Å². The van der Waals surface area contributed by atoms with Gasteiger partial charge in [-0.15, -0.1) is 11.3 Å². The van der Waals surface area contributed by atoms with E-state index in [1.54, 1.807) is 28.8 Å². The van der Waals surface area contributed by atoms with E-state index < -0.39 is 10.0 Å². The fourth-order valence-electron chi connectivity index (χ4n) is 3.37. The standard InChI is InChI=1S/C19H21ClN4O3S3/c20-14-3-1-13(2-4-14)15-12-29-19(22-15)17-16(25)11-23(18(17)21)7-10-30(26,27)24-5-8-28-9-6-24/h1-4,12,21,25H,5-11H2. The van der Waals surface area contributed by atoms with Crippen molar-refractivity contribution in [2.75, 3.05) is 43.4 Å². The number of benzene rings is 1. The Morgan fingerprint density at radius 3 is 2.60 bits per heavy atom. The summed E-state index contributed by atoms with van der Waals surface area (Å²) in [6.45, 7) is 1.35. The Balaban J connectivity index is 1.44. The topological polar surface area (TPSA) is 97.6 Å². The largest absolute Gasteiger partial charge is 0.510 e. The third-order valence-electron chi connectivity index (χ3n) is 5.02. The molecule has 30 heavy (non-hydrogen) atoms. The summed E-state index contributed by atoms with van der Waals surface area (Å²) in [5.74, 6) is 1.70. The minimum absolute atomic E-state index is 0.0452. The maximum absolute atomic E-state index is 12.6. The zero-order valence-corrected chi connectivity index (χ0v) is 19.2. The number of aliphatic hydroxyl groups excluding tert-OH is 1. The molecule has 0 unspecified atom stereocenters. The number of amidine groups is 1. The third kappa shape index (κ3) is 4.52. The number of nitrogens with zero attached hydrogens (tertiary/aromatic N) is 3. The molecule has 0 saturated carbocycles. The first-order valence-electron chi connectivity index (χ1n) is 9.38. The van der Waals surface area contributed by atoms with E-state index in [1.807, 2.05) is 17.5 Å². The number of nitrogens with one attached hydrogen (secondary N) is 1. The Bertz CT molecular complexity index is 1080. The molecule has 4 rings (SSSR count). The van der Waals surface area contributed by atoms with Crippen molar-refractivity contribution >= 4 is 56.1 Å². The van der Waals surface area contributed by atoms with Gasteiger partial charge in [0.25, 0.3) is 0 Å². The molecule has 0 amide bonds. The van der Waals surface area contributed by atoms with Crippen LogP contribution in [0.25, 0.3) is 16.8 Å². The second kappa shape index (κ2) is 8.88. The predicted octanol–water partition coefficient (Wildman–Crippen LogP) is 3.40. The van der Waals surface area contributed by atoms with E-state index >= 15 is 0 Å². The Morgan fingerprint density at radius 2 is 1.90 bits per heavy atom. The van der Waals surface area contributed by atoms with Crippen LogP contribution in [-0.4, -0.2) is 77.0 Å². The number of hydrogen-bond donors (Lipinski definition) is 2. The maximum Gasteiger partial charge on any atom is 0.215 e. The lowest BCUT2D eigenvalue weighted by Crippen LogP contribution is -2.42. The summed E-state index contributed by atoms with van der Waals surface area (Å²) in [6, 6.07) is 7.30. The van der Waals surface area contributed by atoms with Gasteiger partial charge in [-0.3, -0.25) is 5.41 Å². The molecule has 1 saturated heterocycles. The summed E-state index contributed by atoms with van der Waals surface area (Å²) in [4.78, 5) is 6.16. The number of aromatic nitrogens is 1. The molecule has 0 bridgehead atoms. The van der Waals surface area contributed by atoms with Gasteiger partial charge >= 0.3 is 0 Å². The SMILES string of the molecule is N=C1C(c2nc(-c3ccc(Cl)cc3)cs2)=C(O)CN1CCS(=O)(=O)N1CCSCC1. The van der Waals surface area contributed by atoms with Crippen molar-refractivity contribution < 1.29 is 13.5 Å². The van der Waals surface area contributed by atoms with Gasteiger partial charge < -0.3 is 10.0 Å². The van der Waals surface area contributed by atoms with E-state index in [9.17, 15) is 13.5 Å². The molecular weight excluding hydrogens is 464 g/mol. The van der Waals surface area contributed by atoms with Crippen LogP contribution >= 0.6 is 34.7 Å². The number of aliphatic hydroxyl groups is 1. The van der Waals surface area contributed by atoms with Crippen LogP contribution in [0.3, 0.4) is 0 Å². The van der Waals surface area contributed by atoms with Crippen molar-refractivity contribution in [2.45, 2.75) is 0 Å². The molecule has 7 nitrogen and oxygen atoms in total. The van der Waals surface area contributed by atoms with Gasteiger partial charge in [-0.2, -0.15) is 11.8 Å². The smallest absolute Gasteiger partial charge is 0.215 e. The quantitative estimate of drug-likeness (QED) is 0.652. The Morgan fingerprint density at radius 1 is 1.20 bits per heavy atom. The zero-order valence-electron chi connectivity index (χ0n) is 16.0. The molecular formula is C19H21ClN4O3S3. The first kappa shape index (κ1) is 21.6. The van der Waals surface area contributed by atoms with Gasteiger partial charge in [-0.25, -0.2) is 17.7 Å². The second-order valence-corrected chi connectivity index (χ2v) is 11.6. The van der Waals surface area contributed by atoms with Crippen LogP contribution in [0, 0.1) is 5.41 Å². The Hall–Kier alpha value is -1.59. The lowest BCUT2D eigenvalue weighted by molar-refractivity contribution is 0.355. The van der Waals surface area contributed by atoms with Gasteiger partial charge in [0.05, 0.1) is 23.6 Å². The van der Waals surface area contributed by atoms with Crippen molar-refractivity contribution in [1.29, 1.82) is 5.41 Å². The molecule has 1 fully saturated rings. The van der Waals surface area contributed by atoms with E-state index in [-0.39, 0.29) is 30.4 Å². The van der Waals surface area contributed by atoms with E-state index in [0.29, 0.717) is 28.7 Å². The van der Waals surface area contributed by atoms with Crippen molar-refractivity contribution in [3.63, 3.8) is 0 Å². The number of hydrogen-bond acceptors (Lipinski definition) is 7. The summed E-state index contributed by atoms with van der Waals surface area (Å²) in [6.07, 6.45) is 0. The first-order chi connectivity index (χ1) is 14.3. The van der Waals surface area contributed by atoms with Gasteiger partial charge in [0, 0.05) is 47.1 Å². The summed E-state index contributed by atoms with van der Waals surface area (Å²) in [5, 5.41) is 22.0. The van der Waals surface area contributed by atoms with Crippen LogP contribution in [0.2, 0.25) is 5.02 Å². The minimum atomic E-state index is -3.37. The van der Waals surface area contributed by atoms with Gasteiger partial charge in [-0.1, -0.05) is 23.7 Å². The van der Waals surface area contributed by atoms with Gasteiger partial charge in [0.15, 0.2) is 0 Å². The summed E-state index contributed by atoms with van der Waals surface area (Å²) in [5.41, 5.74) is 2.00. The number of thioether (sulfide) groups is 1. The Kier molecular flexibility index (Phi) is 6.40. The molecule has 0 atom stereocenters. The van der Waals surface area contributed by atoms with E-state index in [1.165, 1.54) is 15.6 Å². The summed E-state index contributed by atoms with van der Waals surface area (Å²) >= 11 is 9.03. The number of halogens is 1. The maximum atomic E-state index is 12.6. The van der Waals surface area contributed by atoms with Crippen LogP contribution in [0.15, 0.2) is 35.4 Å². The van der Waals surface area contributed by atoms with Crippen molar-refractivity contribution in [2.24, 2.45) is 0 Å². The molecule has 0 aliphatic carbocycles. The van der Waals surface area contributed by atoms with Crippen LogP contribution < -0.4 is 0 Å². The highest BCUT2D eigenvalue weighted by Crippen LogP contribution is 2.32.